The molecule has 0 aromatic rings. The number of nitrogens with two attached hydrogens (primary N) is 1. The molecular formula is C10H16N2O. The zero-order valence-corrected chi connectivity index (χ0v) is 7.83. The molecule has 1 aliphatic rings. The number of carbonyl (C=O) groups is 1. The quantitative estimate of drug-likeness (QED) is 0.631. The van der Waals surface area contributed by atoms with Gasteiger partial charge in [0.2, 0.25) is 5.91 Å². The largest absolute Gasteiger partial charge is 0.342 e. The summed E-state index contributed by atoms with van der Waals surface area (Å²) in [4.78, 5) is 13.3. The van der Waals surface area contributed by atoms with Crippen LogP contribution in [0.4, 0.5) is 0 Å². The topological polar surface area (TPSA) is 46.3 Å². The minimum Gasteiger partial charge on any atom is -0.342 e. The molecule has 1 saturated heterocycles. The predicted octanol–water partition coefficient (Wildman–Crippen LogP) is 0.207. The van der Waals surface area contributed by atoms with Crippen molar-refractivity contribution in [3.05, 3.63) is 0 Å². The van der Waals surface area contributed by atoms with E-state index in [0.29, 0.717) is 25.3 Å². The van der Waals surface area contributed by atoms with Crippen LogP contribution < -0.4 is 5.73 Å². The molecular weight excluding hydrogens is 164 g/mol. The van der Waals surface area contributed by atoms with Crippen LogP contribution in [0.3, 0.4) is 0 Å². The molecule has 0 aromatic heterocycles. The van der Waals surface area contributed by atoms with Gasteiger partial charge in [-0.1, -0.05) is 0 Å². The Labute approximate surface area is 79.3 Å². The molecule has 2 N–H and O–H groups in total. The van der Waals surface area contributed by atoms with Crippen LogP contribution in [0.15, 0.2) is 0 Å². The number of carbonyl (C=O) groups excluding carboxylic acids is 1. The van der Waals surface area contributed by atoms with Gasteiger partial charge in [-0.05, 0) is 18.9 Å². The number of hydrogen-bond donors (Lipinski definition) is 1. The highest BCUT2D eigenvalue weighted by atomic mass is 16.2. The third kappa shape index (κ3) is 2.74. The van der Waals surface area contributed by atoms with Crippen molar-refractivity contribution in [2.45, 2.75) is 19.3 Å². The van der Waals surface area contributed by atoms with Crippen LogP contribution >= 0.6 is 0 Å². The molecule has 0 aliphatic carbocycles. The Balaban J connectivity index is 2.30. The van der Waals surface area contributed by atoms with E-state index in [2.05, 4.69) is 5.92 Å². The molecule has 3 heteroatoms. The normalized spacial score (nSPS) is 21.5. The number of rotatable bonds is 3. The first-order valence-corrected chi connectivity index (χ1v) is 4.69. The van der Waals surface area contributed by atoms with Crippen molar-refractivity contribution in [3.8, 4) is 12.3 Å². The third-order valence-corrected chi connectivity index (χ3v) is 2.46. The molecule has 0 bridgehead atoms. The fourth-order valence-corrected chi connectivity index (χ4v) is 1.59. The van der Waals surface area contributed by atoms with Gasteiger partial charge in [-0.2, -0.15) is 0 Å². The molecule has 13 heavy (non-hydrogen) atoms. The molecule has 1 atom stereocenters. The van der Waals surface area contributed by atoms with Crippen molar-refractivity contribution in [2.75, 3.05) is 19.6 Å². The van der Waals surface area contributed by atoms with Crippen LogP contribution in [0.25, 0.3) is 0 Å². The first kappa shape index (κ1) is 10.1. The molecule has 0 saturated carbocycles. The van der Waals surface area contributed by atoms with E-state index in [-0.39, 0.29) is 5.91 Å². The summed E-state index contributed by atoms with van der Waals surface area (Å²) in [5.74, 6) is 3.15. The van der Waals surface area contributed by atoms with Gasteiger partial charge in [0.1, 0.15) is 0 Å². The maximum atomic E-state index is 11.5. The van der Waals surface area contributed by atoms with Gasteiger partial charge >= 0.3 is 0 Å². The van der Waals surface area contributed by atoms with E-state index in [1.807, 2.05) is 4.90 Å². The van der Waals surface area contributed by atoms with Gasteiger partial charge in [0.15, 0.2) is 0 Å². The predicted molar refractivity (Wildman–Crippen MR) is 51.8 cm³/mol. The Morgan fingerprint density at radius 1 is 1.69 bits per heavy atom. The van der Waals surface area contributed by atoms with Crippen LogP contribution in [-0.4, -0.2) is 30.4 Å². The molecule has 1 rings (SSSR count). The van der Waals surface area contributed by atoms with E-state index in [0.717, 1.165) is 19.5 Å². The third-order valence-electron chi connectivity index (χ3n) is 2.46. The van der Waals surface area contributed by atoms with Gasteiger partial charge in [-0.3, -0.25) is 4.79 Å². The summed E-state index contributed by atoms with van der Waals surface area (Å²) in [6, 6.07) is 0. The number of hydrogen-bond acceptors (Lipinski definition) is 2. The average Bonchev–Trinajstić information content (AvgIpc) is 2.62. The first-order chi connectivity index (χ1) is 6.27. The Morgan fingerprint density at radius 2 is 2.46 bits per heavy atom. The Hall–Kier alpha value is -1.01. The van der Waals surface area contributed by atoms with E-state index < -0.39 is 0 Å². The first-order valence-electron chi connectivity index (χ1n) is 4.69. The summed E-state index contributed by atoms with van der Waals surface area (Å²) in [7, 11) is 0. The van der Waals surface area contributed by atoms with Gasteiger partial charge in [-0.15, -0.1) is 12.3 Å². The van der Waals surface area contributed by atoms with Gasteiger partial charge in [-0.25, -0.2) is 0 Å². The fourth-order valence-electron chi connectivity index (χ4n) is 1.59. The van der Waals surface area contributed by atoms with Gasteiger partial charge in [0.05, 0.1) is 0 Å². The Morgan fingerprint density at radius 3 is 3.00 bits per heavy atom. The molecule has 3 nitrogen and oxygen atoms in total. The summed E-state index contributed by atoms with van der Waals surface area (Å²) in [6.45, 7) is 2.35. The zero-order valence-electron chi connectivity index (χ0n) is 7.83. The highest BCUT2D eigenvalue weighted by Gasteiger charge is 2.24. The van der Waals surface area contributed by atoms with Crippen molar-refractivity contribution in [2.24, 2.45) is 11.7 Å². The van der Waals surface area contributed by atoms with Crippen LogP contribution in [0.2, 0.25) is 0 Å². The Bertz CT molecular complexity index is 219. The van der Waals surface area contributed by atoms with Crippen molar-refractivity contribution in [3.63, 3.8) is 0 Å². The monoisotopic (exact) mass is 180 g/mol. The zero-order chi connectivity index (χ0) is 9.68. The molecule has 0 radical (unpaired) electrons. The van der Waals surface area contributed by atoms with Crippen molar-refractivity contribution in [1.29, 1.82) is 0 Å². The van der Waals surface area contributed by atoms with Crippen molar-refractivity contribution < 1.29 is 4.79 Å². The average molecular weight is 180 g/mol. The number of likely N-dealkylation sites (tertiary alicyclic amines) is 1. The van der Waals surface area contributed by atoms with Gasteiger partial charge in [0.25, 0.3) is 0 Å². The summed E-state index contributed by atoms with van der Waals surface area (Å²) in [5, 5.41) is 0. The lowest BCUT2D eigenvalue weighted by Crippen LogP contribution is -2.29. The number of amides is 1. The van der Waals surface area contributed by atoms with Gasteiger partial charge < -0.3 is 10.6 Å². The van der Waals surface area contributed by atoms with E-state index in [9.17, 15) is 4.79 Å². The maximum absolute atomic E-state index is 11.5. The second-order valence-electron chi connectivity index (χ2n) is 3.43. The lowest BCUT2D eigenvalue weighted by molar-refractivity contribution is -0.130. The van der Waals surface area contributed by atoms with Crippen LogP contribution in [0.1, 0.15) is 19.3 Å². The molecule has 0 aromatic carbocycles. The number of nitrogens with zero attached hydrogens (tertiary/aromatic N) is 1. The van der Waals surface area contributed by atoms with E-state index in [1.165, 1.54) is 0 Å². The molecule has 1 fully saturated rings. The minimum absolute atomic E-state index is 0.175. The van der Waals surface area contributed by atoms with Crippen LogP contribution in [0.5, 0.6) is 0 Å². The SMILES string of the molecule is C#CCCC(=O)N1CCC(CN)C1. The standard InChI is InChI=1S/C10H16N2O/c1-2-3-4-10(13)12-6-5-9(7-11)8-12/h1,9H,3-8,11H2. The molecule has 1 aliphatic heterocycles. The van der Waals surface area contributed by atoms with Crippen LogP contribution in [-0.2, 0) is 4.79 Å². The molecule has 0 spiro atoms. The summed E-state index contributed by atoms with van der Waals surface area (Å²) in [5.41, 5.74) is 5.53. The molecule has 1 heterocycles. The van der Waals surface area contributed by atoms with Crippen molar-refractivity contribution >= 4 is 5.91 Å². The van der Waals surface area contributed by atoms with Crippen LogP contribution in [0, 0.1) is 18.3 Å². The second kappa shape index (κ2) is 4.88. The molecule has 1 unspecified atom stereocenters. The molecule has 1 amide bonds. The number of terminal acetylenes is 1. The highest BCUT2D eigenvalue weighted by Crippen LogP contribution is 2.15. The minimum atomic E-state index is 0.175. The molecule has 72 valence electrons. The van der Waals surface area contributed by atoms with E-state index >= 15 is 0 Å². The second-order valence-corrected chi connectivity index (χ2v) is 3.43. The van der Waals surface area contributed by atoms with Crippen molar-refractivity contribution in [1.82, 2.24) is 4.90 Å². The summed E-state index contributed by atoms with van der Waals surface area (Å²) < 4.78 is 0. The van der Waals surface area contributed by atoms with E-state index in [1.54, 1.807) is 0 Å². The fraction of sp³-hybridized carbons (Fsp3) is 0.700. The highest BCUT2D eigenvalue weighted by molar-refractivity contribution is 5.76. The maximum Gasteiger partial charge on any atom is 0.223 e. The lowest BCUT2D eigenvalue weighted by Gasteiger charge is -2.15. The van der Waals surface area contributed by atoms with Gasteiger partial charge in [0, 0.05) is 25.9 Å². The summed E-state index contributed by atoms with van der Waals surface area (Å²) in [6.07, 6.45) is 7.15. The van der Waals surface area contributed by atoms with E-state index in [4.69, 9.17) is 12.2 Å². The lowest BCUT2D eigenvalue weighted by atomic mass is 10.1. The Kier molecular flexibility index (Phi) is 3.78. The smallest absolute Gasteiger partial charge is 0.223 e. The summed E-state index contributed by atoms with van der Waals surface area (Å²) >= 11 is 0.